The van der Waals surface area contributed by atoms with Gasteiger partial charge in [-0.2, -0.15) is 0 Å². The summed E-state index contributed by atoms with van der Waals surface area (Å²) in [6, 6.07) is 7.13. The third kappa shape index (κ3) is 3.71. The minimum Gasteiger partial charge on any atom is -0.382 e. The lowest BCUT2D eigenvalue weighted by Crippen LogP contribution is -2.22. The molecule has 1 saturated heterocycles. The van der Waals surface area contributed by atoms with Gasteiger partial charge in [0.1, 0.15) is 0 Å². The van der Waals surface area contributed by atoms with Crippen molar-refractivity contribution in [3.05, 3.63) is 28.2 Å². The summed E-state index contributed by atoms with van der Waals surface area (Å²) in [5.41, 5.74) is 2.54. The Labute approximate surface area is 113 Å². The molecule has 1 fully saturated rings. The summed E-state index contributed by atoms with van der Waals surface area (Å²) in [5, 5.41) is 3.66. The van der Waals surface area contributed by atoms with Crippen molar-refractivity contribution in [1.29, 1.82) is 0 Å². The summed E-state index contributed by atoms with van der Waals surface area (Å²) in [6.07, 6.45) is 3.81. The van der Waals surface area contributed by atoms with Gasteiger partial charge in [-0.15, -0.1) is 0 Å². The van der Waals surface area contributed by atoms with Gasteiger partial charge in [-0.25, -0.2) is 0 Å². The van der Waals surface area contributed by atoms with Crippen LogP contribution >= 0.6 is 15.9 Å². The van der Waals surface area contributed by atoms with Crippen molar-refractivity contribution in [3.63, 3.8) is 0 Å². The Morgan fingerprint density at radius 3 is 2.88 bits per heavy atom. The predicted octanol–water partition coefficient (Wildman–Crippen LogP) is 3.65. The molecule has 1 atom stereocenters. The Kier molecular flexibility index (Phi) is 4.46. The van der Waals surface area contributed by atoms with E-state index in [1.807, 2.05) is 0 Å². The maximum Gasteiger partial charge on any atom is 0.0345 e. The first-order valence-electron chi connectivity index (χ1n) is 6.36. The summed E-state index contributed by atoms with van der Waals surface area (Å²) in [6.45, 7) is 4.57. The number of halogens is 1. The van der Waals surface area contributed by atoms with E-state index in [4.69, 9.17) is 0 Å². The molecule has 0 radical (unpaired) electrons. The van der Waals surface area contributed by atoms with Gasteiger partial charge in [-0.05, 0) is 70.1 Å². The van der Waals surface area contributed by atoms with Crippen molar-refractivity contribution in [2.45, 2.75) is 32.2 Å². The SMILES string of the molecule is Cc1cc(NC2CCCN(C)CC2)ccc1Br. The summed E-state index contributed by atoms with van der Waals surface area (Å²) in [5.74, 6) is 0. The van der Waals surface area contributed by atoms with Crippen LogP contribution in [0.4, 0.5) is 5.69 Å². The molecule has 0 saturated carbocycles. The van der Waals surface area contributed by atoms with Crippen LogP contribution in [0, 0.1) is 6.92 Å². The molecule has 1 aliphatic heterocycles. The number of aryl methyl sites for hydroxylation is 1. The van der Waals surface area contributed by atoms with Gasteiger partial charge in [0.2, 0.25) is 0 Å². The first-order chi connectivity index (χ1) is 8.15. The van der Waals surface area contributed by atoms with Crippen LogP contribution in [0.25, 0.3) is 0 Å². The largest absolute Gasteiger partial charge is 0.382 e. The Hall–Kier alpha value is -0.540. The van der Waals surface area contributed by atoms with E-state index in [1.165, 1.54) is 48.1 Å². The molecule has 1 aromatic carbocycles. The average molecular weight is 297 g/mol. The summed E-state index contributed by atoms with van der Waals surface area (Å²) in [7, 11) is 2.21. The monoisotopic (exact) mass is 296 g/mol. The fourth-order valence-corrected chi connectivity index (χ4v) is 2.60. The van der Waals surface area contributed by atoms with Gasteiger partial charge in [0.25, 0.3) is 0 Å². The zero-order valence-electron chi connectivity index (χ0n) is 10.7. The summed E-state index contributed by atoms with van der Waals surface area (Å²) < 4.78 is 1.18. The normalized spacial score (nSPS) is 22.2. The third-order valence-corrected chi connectivity index (χ3v) is 4.37. The Morgan fingerprint density at radius 2 is 2.12 bits per heavy atom. The lowest BCUT2D eigenvalue weighted by atomic mass is 10.1. The van der Waals surface area contributed by atoms with Gasteiger partial charge in [0.05, 0.1) is 0 Å². The first-order valence-corrected chi connectivity index (χ1v) is 7.15. The van der Waals surface area contributed by atoms with Crippen LogP contribution in [0.2, 0.25) is 0 Å². The molecule has 1 aromatic rings. The van der Waals surface area contributed by atoms with E-state index in [-0.39, 0.29) is 0 Å². The molecule has 0 spiro atoms. The van der Waals surface area contributed by atoms with Crippen molar-refractivity contribution in [2.24, 2.45) is 0 Å². The highest BCUT2D eigenvalue weighted by Gasteiger charge is 2.14. The van der Waals surface area contributed by atoms with Gasteiger partial charge >= 0.3 is 0 Å². The van der Waals surface area contributed by atoms with E-state index in [0.29, 0.717) is 6.04 Å². The molecule has 17 heavy (non-hydrogen) atoms. The maximum atomic E-state index is 3.66. The fourth-order valence-electron chi connectivity index (χ4n) is 2.35. The number of likely N-dealkylation sites (tertiary alicyclic amines) is 1. The molecule has 94 valence electrons. The molecule has 0 aliphatic carbocycles. The Morgan fingerprint density at radius 1 is 1.29 bits per heavy atom. The van der Waals surface area contributed by atoms with Crippen LogP contribution in [0.1, 0.15) is 24.8 Å². The smallest absolute Gasteiger partial charge is 0.0345 e. The molecule has 1 aliphatic rings. The topological polar surface area (TPSA) is 15.3 Å². The molecule has 0 amide bonds. The molecule has 1 unspecified atom stereocenters. The van der Waals surface area contributed by atoms with Crippen molar-refractivity contribution in [1.82, 2.24) is 4.90 Å². The van der Waals surface area contributed by atoms with Crippen molar-refractivity contribution in [3.8, 4) is 0 Å². The summed E-state index contributed by atoms with van der Waals surface area (Å²) >= 11 is 3.54. The minimum absolute atomic E-state index is 0.625. The van der Waals surface area contributed by atoms with E-state index < -0.39 is 0 Å². The molecule has 3 heteroatoms. The Balaban J connectivity index is 1.97. The van der Waals surface area contributed by atoms with E-state index in [2.05, 4.69) is 58.3 Å². The number of nitrogens with one attached hydrogen (secondary N) is 1. The van der Waals surface area contributed by atoms with Gasteiger partial charge in [0, 0.05) is 16.2 Å². The zero-order chi connectivity index (χ0) is 12.3. The lowest BCUT2D eigenvalue weighted by Gasteiger charge is -2.18. The zero-order valence-corrected chi connectivity index (χ0v) is 12.3. The van der Waals surface area contributed by atoms with Gasteiger partial charge < -0.3 is 10.2 Å². The van der Waals surface area contributed by atoms with Crippen LogP contribution in [-0.2, 0) is 0 Å². The summed E-state index contributed by atoms with van der Waals surface area (Å²) in [4.78, 5) is 2.43. The number of nitrogens with zero attached hydrogens (tertiary/aromatic N) is 1. The highest BCUT2D eigenvalue weighted by molar-refractivity contribution is 9.10. The molecule has 0 aromatic heterocycles. The number of benzene rings is 1. The number of rotatable bonds is 2. The second-order valence-electron chi connectivity index (χ2n) is 5.04. The highest BCUT2D eigenvalue weighted by Crippen LogP contribution is 2.22. The number of anilines is 1. The van der Waals surface area contributed by atoms with Crippen molar-refractivity contribution >= 4 is 21.6 Å². The van der Waals surface area contributed by atoms with E-state index in [1.54, 1.807) is 0 Å². The van der Waals surface area contributed by atoms with Crippen LogP contribution in [-0.4, -0.2) is 31.1 Å². The molecule has 1 heterocycles. The second kappa shape index (κ2) is 5.87. The van der Waals surface area contributed by atoms with Crippen LogP contribution < -0.4 is 5.32 Å². The van der Waals surface area contributed by atoms with Crippen LogP contribution in [0.5, 0.6) is 0 Å². The first kappa shape index (κ1) is 12.9. The quantitative estimate of drug-likeness (QED) is 0.896. The van der Waals surface area contributed by atoms with Gasteiger partial charge in [-0.3, -0.25) is 0 Å². The minimum atomic E-state index is 0.625. The highest BCUT2D eigenvalue weighted by atomic mass is 79.9. The number of hydrogen-bond acceptors (Lipinski definition) is 2. The maximum absolute atomic E-state index is 3.66. The van der Waals surface area contributed by atoms with Gasteiger partial charge in [0.15, 0.2) is 0 Å². The fraction of sp³-hybridized carbons (Fsp3) is 0.571. The van der Waals surface area contributed by atoms with Crippen molar-refractivity contribution in [2.75, 3.05) is 25.5 Å². The van der Waals surface area contributed by atoms with Crippen LogP contribution in [0.3, 0.4) is 0 Å². The molecule has 0 bridgehead atoms. The second-order valence-corrected chi connectivity index (χ2v) is 5.89. The predicted molar refractivity (Wildman–Crippen MR) is 77.6 cm³/mol. The molecule has 2 nitrogen and oxygen atoms in total. The standard InChI is InChI=1S/C14H21BrN2/c1-11-10-13(5-6-14(11)15)16-12-4-3-8-17(2)9-7-12/h5-6,10,12,16H,3-4,7-9H2,1-2H3. The lowest BCUT2D eigenvalue weighted by molar-refractivity contribution is 0.348. The molecular weight excluding hydrogens is 276 g/mol. The van der Waals surface area contributed by atoms with E-state index in [9.17, 15) is 0 Å². The third-order valence-electron chi connectivity index (χ3n) is 3.48. The molecule has 2 rings (SSSR count). The van der Waals surface area contributed by atoms with Crippen LogP contribution in [0.15, 0.2) is 22.7 Å². The van der Waals surface area contributed by atoms with E-state index >= 15 is 0 Å². The molecular formula is C14H21BrN2. The average Bonchev–Trinajstić information content (AvgIpc) is 2.49. The molecule has 1 N–H and O–H groups in total. The van der Waals surface area contributed by atoms with Crippen molar-refractivity contribution < 1.29 is 0 Å². The van der Waals surface area contributed by atoms with Gasteiger partial charge in [-0.1, -0.05) is 15.9 Å². The Bertz CT molecular complexity index is 378. The van der Waals surface area contributed by atoms with E-state index in [0.717, 1.165) is 0 Å². The number of hydrogen-bond donors (Lipinski definition) is 1.